The van der Waals surface area contributed by atoms with Crippen LogP contribution in [0, 0.1) is 23.1 Å². The van der Waals surface area contributed by atoms with Crippen LogP contribution in [0.15, 0.2) is 18.2 Å². The highest BCUT2D eigenvalue weighted by Gasteiger charge is 2.33. The molecule has 1 aromatic heterocycles. The van der Waals surface area contributed by atoms with Crippen molar-refractivity contribution in [3.8, 4) is 22.9 Å². The van der Waals surface area contributed by atoms with Crippen LogP contribution in [0.5, 0.6) is 5.75 Å². The zero-order valence-corrected chi connectivity index (χ0v) is 15.7. The van der Waals surface area contributed by atoms with E-state index in [1.165, 1.54) is 19.2 Å². The lowest BCUT2D eigenvalue weighted by atomic mass is 9.83. The molecule has 2 heterocycles. The molecule has 2 N–H and O–H groups in total. The van der Waals surface area contributed by atoms with Gasteiger partial charge in [-0.2, -0.15) is 5.26 Å². The fourth-order valence-electron chi connectivity index (χ4n) is 3.94. The molecule has 0 bridgehead atoms. The molecule has 0 radical (unpaired) electrons. The van der Waals surface area contributed by atoms with Gasteiger partial charge in [0.2, 0.25) is 5.91 Å². The largest absolute Gasteiger partial charge is 0.494 e. The van der Waals surface area contributed by atoms with E-state index in [-0.39, 0.29) is 29.0 Å². The number of nitrogens with two attached hydrogens (primary N) is 1. The molecule has 2 aromatic rings. The molecule has 28 heavy (non-hydrogen) atoms. The summed E-state index contributed by atoms with van der Waals surface area (Å²) in [7, 11) is 1.40. The first-order valence-corrected chi connectivity index (χ1v) is 9.37. The Bertz CT molecular complexity index is 995. The van der Waals surface area contributed by atoms with Crippen molar-refractivity contribution in [3.63, 3.8) is 0 Å². The maximum atomic E-state index is 14.3. The Morgan fingerprint density at radius 3 is 2.82 bits per heavy atom. The molecule has 1 saturated carbocycles. The first-order chi connectivity index (χ1) is 13.5. The van der Waals surface area contributed by atoms with Crippen molar-refractivity contribution in [2.24, 2.45) is 5.92 Å². The minimum Gasteiger partial charge on any atom is -0.494 e. The number of ether oxygens (including phenoxy) is 1. The molecule has 1 fully saturated rings. The summed E-state index contributed by atoms with van der Waals surface area (Å²) in [4.78, 5) is 19.0. The molecule has 144 valence electrons. The highest BCUT2D eigenvalue weighted by Crippen LogP contribution is 2.37. The number of rotatable bonds is 3. The van der Waals surface area contributed by atoms with Gasteiger partial charge in [0.25, 0.3) is 0 Å². The number of nitriles is 1. The van der Waals surface area contributed by atoms with Gasteiger partial charge in [0, 0.05) is 36.6 Å². The number of carbonyl (C=O) groups excluding carboxylic acids is 1. The lowest BCUT2D eigenvalue weighted by Crippen LogP contribution is -2.42. The molecule has 1 aromatic carbocycles. The van der Waals surface area contributed by atoms with E-state index in [9.17, 15) is 14.4 Å². The number of nitrogen functional groups attached to an aromatic ring is 1. The minimum absolute atomic E-state index is 0.0978. The smallest absolute Gasteiger partial charge is 0.225 e. The van der Waals surface area contributed by atoms with Gasteiger partial charge in [-0.15, -0.1) is 0 Å². The van der Waals surface area contributed by atoms with E-state index in [0.29, 0.717) is 30.6 Å². The summed E-state index contributed by atoms with van der Waals surface area (Å²) in [6.45, 7) is 0.937. The zero-order chi connectivity index (χ0) is 19.8. The summed E-state index contributed by atoms with van der Waals surface area (Å²) in [6.07, 6.45) is 3.52. The number of aromatic nitrogens is 1. The average Bonchev–Trinajstić information content (AvgIpc) is 2.65. The SMILES string of the molecule is COc1ccc(-c2c(C#N)c(N)nc3c2CN(C(=O)C2CCC2)CC3)cc1F. The number of fused-ring (bicyclic) bond motifs is 1. The summed E-state index contributed by atoms with van der Waals surface area (Å²) >= 11 is 0. The van der Waals surface area contributed by atoms with Crippen LogP contribution in [0.25, 0.3) is 11.1 Å². The van der Waals surface area contributed by atoms with Crippen LogP contribution in [0.3, 0.4) is 0 Å². The van der Waals surface area contributed by atoms with Crippen LogP contribution < -0.4 is 10.5 Å². The van der Waals surface area contributed by atoms with Crippen molar-refractivity contribution in [1.29, 1.82) is 5.26 Å². The van der Waals surface area contributed by atoms with Crippen LogP contribution >= 0.6 is 0 Å². The molecule has 1 aliphatic carbocycles. The van der Waals surface area contributed by atoms with Gasteiger partial charge >= 0.3 is 0 Å². The van der Waals surface area contributed by atoms with Crippen molar-refractivity contribution in [3.05, 3.63) is 40.8 Å². The number of methoxy groups -OCH3 is 1. The van der Waals surface area contributed by atoms with Gasteiger partial charge in [-0.1, -0.05) is 12.5 Å². The number of pyridine rings is 1. The predicted molar refractivity (Wildman–Crippen MR) is 102 cm³/mol. The number of hydrogen-bond acceptors (Lipinski definition) is 5. The Kier molecular flexibility index (Phi) is 4.63. The van der Waals surface area contributed by atoms with Crippen LogP contribution in [0.4, 0.5) is 10.2 Å². The summed E-state index contributed by atoms with van der Waals surface area (Å²) in [5.74, 6) is -0.0166. The van der Waals surface area contributed by atoms with Gasteiger partial charge in [0.05, 0.1) is 12.8 Å². The zero-order valence-electron chi connectivity index (χ0n) is 15.7. The lowest BCUT2D eigenvalue weighted by Gasteiger charge is -2.35. The third-order valence-corrected chi connectivity index (χ3v) is 5.70. The summed E-state index contributed by atoms with van der Waals surface area (Å²) in [6, 6.07) is 6.66. The fraction of sp³-hybridized carbons (Fsp3) is 0.381. The number of benzene rings is 1. The molecule has 0 atom stereocenters. The number of halogens is 1. The quantitative estimate of drug-likeness (QED) is 0.884. The molecule has 2 aliphatic rings. The third-order valence-electron chi connectivity index (χ3n) is 5.70. The molecule has 4 rings (SSSR count). The Morgan fingerprint density at radius 1 is 1.43 bits per heavy atom. The predicted octanol–water partition coefficient (Wildman–Crippen LogP) is 3.03. The van der Waals surface area contributed by atoms with Gasteiger partial charge in [-0.05, 0) is 30.5 Å². The second-order valence-electron chi connectivity index (χ2n) is 7.27. The number of hydrogen-bond donors (Lipinski definition) is 1. The molecule has 0 unspecified atom stereocenters. The van der Waals surface area contributed by atoms with Crippen molar-refractivity contribution < 1.29 is 13.9 Å². The molecule has 1 amide bonds. The van der Waals surface area contributed by atoms with E-state index in [4.69, 9.17) is 10.5 Å². The maximum Gasteiger partial charge on any atom is 0.225 e. The third kappa shape index (κ3) is 2.95. The Hall–Kier alpha value is -3.14. The Morgan fingerprint density at radius 2 is 2.21 bits per heavy atom. The average molecular weight is 380 g/mol. The van der Waals surface area contributed by atoms with E-state index >= 15 is 0 Å². The molecular formula is C21H21FN4O2. The van der Waals surface area contributed by atoms with E-state index in [2.05, 4.69) is 11.1 Å². The number of anilines is 1. The summed E-state index contributed by atoms with van der Waals surface area (Å²) < 4.78 is 19.3. The van der Waals surface area contributed by atoms with Crippen LogP contribution in [-0.4, -0.2) is 29.4 Å². The molecule has 7 heteroatoms. The van der Waals surface area contributed by atoms with Gasteiger partial charge in [0.1, 0.15) is 17.5 Å². The summed E-state index contributed by atoms with van der Waals surface area (Å²) in [5, 5.41) is 9.67. The van der Waals surface area contributed by atoms with E-state index in [0.717, 1.165) is 30.5 Å². The van der Waals surface area contributed by atoms with Crippen LogP contribution in [0.1, 0.15) is 36.1 Å². The first-order valence-electron chi connectivity index (χ1n) is 9.37. The van der Waals surface area contributed by atoms with E-state index < -0.39 is 5.82 Å². The molecule has 1 aliphatic heterocycles. The minimum atomic E-state index is -0.522. The fourth-order valence-corrected chi connectivity index (χ4v) is 3.94. The van der Waals surface area contributed by atoms with Crippen molar-refractivity contribution in [1.82, 2.24) is 9.88 Å². The second kappa shape index (κ2) is 7.12. The van der Waals surface area contributed by atoms with Gasteiger partial charge in [-0.3, -0.25) is 4.79 Å². The molecule has 6 nitrogen and oxygen atoms in total. The van der Waals surface area contributed by atoms with Gasteiger partial charge in [-0.25, -0.2) is 9.37 Å². The van der Waals surface area contributed by atoms with E-state index in [1.807, 2.05) is 4.90 Å². The standard InChI is InChI=1S/C21H21FN4O2/c1-28-18-6-5-13(9-16(18)22)19-14(10-23)20(24)25-17-7-8-26(11-15(17)19)21(27)12-3-2-4-12/h5-6,9,12H,2-4,7-8,11H2,1H3,(H2,24,25). The first kappa shape index (κ1) is 18.2. The van der Waals surface area contributed by atoms with Crippen molar-refractivity contribution in [2.75, 3.05) is 19.4 Å². The van der Waals surface area contributed by atoms with Crippen molar-refractivity contribution >= 4 is 11.7 Å². The van der Waals surface area contributed by atoms with Gasteiger partial charge < -0.3 is 15.4 Å². The number of nitrogens with zero attached hydrogens (tertiary/aromatic N) is 3. The Balaban J connectivity index is 1.82. The molecule has 0 saturated heterocycles. The number of carbonyl (C=O) groups is 1. The van der Waals surface area contributed by atoms with Gasteiger partial charge in [0.15, 0.2) is 11.6 Å². The number of amides is 1. The maximum absolute atomic E-state index is 14.3. The van der Waals surface area contributed by atoms with Crippen LogP contribution in [-0.2, 0) is 17.8 Å². The molecular weight excluding hydrogens is 359 g/mol. The normalized spacial score (nSPS) is 16.1. The van der Waals surface area contributed by atoms with Crippen LogP contribution in [0.2, 0.25) is 0 Å². The highest BCUT2D eigenvalue weighted by molar-refractivity contribution is 5.83. The lowest BCUT2D eigenvalue weighted by molar-refractivity contribution is -0.139. The van der Waals surface area contributed by atoms with E-state index in [1.54, 1.807) is 6.07 Å². The molecule has 0 spiro atoms. The topological polar surface area (TPSA) is 92.2 Å². The Labute approximate surface area is 162 Å². The summed E-state index contributed by atoms with van der Waals surface area (Å²) in [5.41, 5.74) is 8.85. The van der Waals surface area contributed by atoms with Crippen molar-refractivity contribution in [2.45, 2.75) is 32.2 Å². The highest BCUT2D eigenvalue weighted by atomic mass is 19.1. The monoisotopic (exact) mass is 380 g/mol. The second-order valence-corrected chi connectivity index (χ2v) is 7.27.